The lowest BCUT2D eigenvalue weighted by molar-refractivity contribution is -0.137. The second-order valence-corrected chi connectivity index (χ2v) is 8.49. The second kappa shape index (κ2) is 11.7. The van der Waals surface area contributed by atoms with Gasteiger partial charge in [-0.15, -0.1) is 0 Å². The summed E-state index contributed by atoms with van der Waals surface area (Å²) in [5.74, 6) is -0.868. The van der Waals surface area contributed by atoms with E-state index in [2.05, 4.69) is 26.3 Å². The number of nitrogens with one attached hydrogen (secondary N) is 4. The van der Waals surface area contributed by atoms with Crippen molar-refractivity contribution in [2.75, 3.05) is 21.3 Å². The van der Waals surface area contributed by atoms with Gasteiger partial charge < -0.3 is 21.3 Å². The number of carbonyl (C=O) groups excluding carboxylic acids is 3. The molecule has 0 unspecified atom stereocenters. The van der Waals surface area contributed by atoms with E-state index in [1.54, 1.807) is 36.5 Å². The molecule has 8 nitrogen and oxygen atoms in total. The third kappa shape index (κ3) is 7.33. The lowest BCUT2D eigenvalue weighted by Gasteiger charge is -2.12. The Bertz CT molecular complexity index is 1510. The van der Waals surface area contributed by atoms with Crippen molar-refractivity contribution in [3.05, 3.63) is 113 Å². The second-order valence-electron chi connectivity index (χ2n) is 8.08. The number of pyridine rings is 1. The molecule has 0 saturated heterocycles. The minimum atomic E-state index is -4.67. The van der Waals surface area contributed by atoms with Crippen molar-refractivity contribution in [1.82, 2.24) is 4.98 Å². The largest absolute Gasteiger partial charge is 0.417 e. The maximum atomic E-state index is 13.0. The fraction of sp³-hybridized carbons (Fsp3) is 0.0370. The van der Waals surface area contributed by atoms with Crippen molar-refractivity contribution in [3.63, 3.8) is 0 Å². The zero-order valence-corrected chi connectivity index (χ0v) is 20.6. The van der Waals surface area contributed by atoms with Crippen LogP contribution in [-0.4, -0.2) is 22.8 Å². The highest BCUT2D eigenvalue weighted by Crippen LogP contribution is 2.36. The Kier molecular flexibility index (Phi) is 8.11. The number of alkyl halides is 3. The molecule has 12 heteroatoms. The Morgan fingerprint density at radius 1 is 0.667 bits per heavy atom. The smallest absolute Gasteiger partial charge is 0.322 e. The summed E-state index contributed by atoms with van der Waals surface area (Å²) < 4.78 is 39.1. The Morgan fingerprint density at radius 2 is 1.23 bits per heavy atom. The van der Waals surface area contributed by atoms with Gasteiger partial charge in [-0.25, -0.2) is 4.79 Å². The molecule has 0 saturated carbocycles. The van der Waals surface area contributed by atoms with Crippen molar-refractivity contribution >= 4 is 52.2 Å². The van der Waals surface area contributed by atoms with Crippen LogP contribution in [0.2, 0.25) is 5.02 Å². The van der Waals surface area contributed by atoms with E-state index in [1.165, 1.54) is 42.6 Å². The van der Waals surface area contributed by atoms with E-state index in [4.69, 9.17) is 11.6 Å². The summed E-state index contributed by atoms with van der Waals surface area (Å²) in [5.41, 5.74) is 0.607. The SMILES string of the molecule is O=C(Nc1ccc(NC(=O)c2cccc(C(=O)Nc3cccnc3)c2)cc1)Nc1ccc(Cl)c(C(F)(F)F)c1. The first-order chi connectivity index (χ1) is 18.6. The number of hydrogen-bond acceptors (Lipinski definition) is 4. The van der Waals surface area contributed by atoms with Gasteiger partial charge in [-0.1, -0.05) is 17.7 Å². The van der Waals surface area contributed by atoms with Crippen LogP contribution < -0.4 is 21.3 Å². The van der Waals surface area contributed by atoms with Crippen molar-refractivity contribution in [1.29, 1.82) is 0 Å². The number of aromatic nitrogens is 1. The predicted molar refractivity (Wildman–Crippen MR) is 142 cm³/mol. The highest BCUT2D eigenvalue weighted by atomic mass is 35.5. The van der Waals surface area contributed by atoms with Crippen LogP contribution in [0.15, 0.2) is 91.3 Å². The number of nitrogens with zero attached hydrogens (tertiary/aromatic N) is 1. The summed E-state index contributed by atoms with van der Waals surface area (Å²) in [4.78, 5) is 41.4. The molecule has 0 fully saturated rings. The van der Waals surface area contributed by atoms with Crippen LogP contribution >= 0.6 is 11.6 Å². The van der Waals surface area contributed by atoms with Gasteiger partial charge >= 0.3 is 12.2 Å². The van der Waals surface area contributed by atoms with Crippen LogP contribution in [0.4, 0.5) is 40.7 Å². The van der Waals surface area contributed by atoms with E-state index >= 15 is 0 Å². The van der Waals surface area contributed by atoms with Crippen LogP contribution in [0.5, 0.6) is 0 Å². The summed E-state index contributed by atoms with van der Waals surface area (Å²) in [6.07, 6.45) is -1.59. The van der Waals surface area contributed by atoms with Crippen LogP contribution in [0, 0.1) is 0 Å². The highest BCUT2D eigenvalue weighted by Gasteiger charge is 2.33. The number of hydrogen-bond donors (Lipinski definition) is 4. The average Bonchev–Trinajstić information content (AvgIpc) is 2.91. The number of benzene rings is 3. The number of anilines is 4. The van der Waals surface area contributed by atoms with Gasteiger partial charge in [0.25, 0.3) is 11.8 Å². The Morgan fingerprint density at radius 3 is 1.82 bits per heavy atom. The van der Waals surface area contributed by atoms with Gasteiger partial charge in [0.2, 0.25) is 0 Å². The van der Waals surface area contributed by atoms with E-state index < -0.39 is 34.6 Å². The minimum Gasteiger partial charge on any atom is -0.322 e. The van der Waals surface area contributed by atoms with Gasteiger partial charge in [0.1, 0.15) is 0 Å². The normalized spacial score (nSPS) is 10.9. The molecular formula is C27H19ClF3N5O3. The highest BCUT2D eigenvalue weighted by molar-refractivity contribution is 6.31. The first-order valence-corrected chi connectivity index (χ1v) is 11.6. The number of amides is 4. The molecular weight excluding hydrogens is 535 g/mol. The molecule has 1 heterocycles. The van der Waals surface area contributed by atoms with Gasteiger partial charge in [-0.05, 0) is 72.8 Å². The summed E-state index contributed by atoms with van der Waals surface area (Å²) >= 11 is 5.59. The van der Waals surface area contributed by atoms with Gasteiger partial charge in [0.05, 0.1) is 22.5 Å². The molecule has 0 aliphatic heterocycles. The Labute approximate surface area is 225 Å². The molecule has 0 aliphatic carbocycles. The van der Waals surface area contributed by atoms with E-state index in [9.17, 15) is 27.6 Å². The molecule has 39 heavy (non-hydrogen) atoms. The molecule has 0 atom stereocenters. The molecule has 0 aliphatic rings. The van der Waals surface area contributed by atoms with Crippen LogP contribution in [0.3, 0.4) is 0 Å². The molecule has 4 amide bonds. The topological polar surface area (TPSA) is 112 Å². The fourth-order valence-electron chi connectivity index (χ4n) is 3.40. The van der Waals surface area contributed by atoms with Crippen molar-refractivity contribution < 1.29 is 27.6 Å². The third-order valence-corrected chi connectivity index (χ3v) is 5.57. The lowest BCUT2D eigenvalue weighted by Crippen LogP contribution is -2.20. The van der Waals surface area contributed by atoms with E-state index in [0.29, 0.717) is 17.1 Å². The molecule has 4 rings (SSSR count). The molecule has 3 aromatic carbocycles. The first kappa shape index (κ1) is 27.1. The lowest BCUT2D eigenvalue weighted by atomic mass is 10.1. The van der Waals surface area contributed by atoms with Gasteiger partial charge in [0.15, 0.2) is 0 Å². The number of halogens is 4. The fourth-order valence-corrected chi connectivity index (χ4v) is 3.62. The maximum absolute atomic E-state index is 13.0. The van der Waals surface area contributed by atoms with E-state index in [0.717, 1.165) is 12.1 Å². The number of carbonyl (C=O) groups is 3. The van der Waals surface area contributed by atoms with E-state index in [-0.39, 0.29) is 16.8 Å². The van der Waals surface area contributed by atoms with Gasteiger partial charge in [-0.3, -0.25) is 14.6 Å². The van der Waals surface area contributed by atoms with Crippen LogP contribution in [0.1, 0.15) is 26.3 Å². The minimum absolute atomic E-state index is 0.0931. The Balaban J connectivity index is 1.35. The zero-order valence-electron chi connectivity index (χ0n) is 19.8. The molecule has 4 aromatic rings. The molecule has 0 bridgehead atoms. The Hall–Kier alpha value is -4.90. The quantitative estimate of drug-likeness (QED) is 0.208. The van der Waals surface area contributed by atoms with Crippen LogP contribution in [-0.2, 0) is 6.18 Å². The summed E-state index contributed by atoms with van der Waals surface area (Å²) in [6.45, 7) is 0. The maximum Gasteiger partial charge on any atom is 0.417 e. The summed E-state index contributed by atoms with van der Waals surface area (Å²) in [7, 11) is 0. The monoisotopic (exact) mass is 553 g/mol. The molecule has 0 spiro atoms. The molecule has 1 aromatic heterocycles. The third-order valence-electron chi connectivity index (χ3n) is 5.24. The van der Waals surface area contributed by atoms with Gasteiger partial charge in [0, 0.05) is 34.4 Å². The average molecular weight is 554 g/mol. The van der Waals surface area contributed by atoms with Crippen molar-refractivity contribution in [2.45, 2.75) is 6.18 Å². The molecule has 198 valence electrons. The van der Waals surface area contributed by atoms with Gasteiger partial charge in [-0.2, -0.15) is 13.2 Å². The van der Waals surface area contributed by atoms with Crippen LogP contribution in [0.25, 0.3) is 0 Å². The standard InChI is InChI=1S/C27H19ClF3N5O3/c28-23-11-10-20(14-22(23)27(29,30)31)36-26(39)35-19-8-6-18(7-9-19)33-24(37)16-3-1-4-17(13-16)25(38)34-21-5-2-12-32-15-21/h1-15H,(H,33,37)(H,34,38)(H2,35,36,39). The summed E-state index contributed by atoms with van der Waals surface area (Å²) in [6, 6.07) is 17.8. The van der Waals surface area contributed by atoms with Crippen molar-refractivity contribution in [3.8, 4) is 0 Å². The predicted octanol–water partition coefficient (Wildman–Crippen LogP) is 6.90. The molecule has 4 N–H and O–H groups in total. The molecule has 0 radical (unpaired) electrons. The first-order valence-electron chi connectivity index (χ1n) is 11.3. The zero-order chi connectivity index (χ0) is 28.0. The number of urea groups is 1. The van der Waals surface area contributed by atoms with Crippen molar-refractivity contribution in [2.24, 2.45) is 0 Å². The summed E-state index contributed by atoms with van der Waals surface area (Å²) in [5, 5.41) is 9.71. The van der Waals surface area contributed by atoms with E-state index in [1.807, 2.05) is 0 Å². The number of rotatable bonds is 6.